The number of sulfonamides is 1. The molecule has 0 aliphatic carbocycles. The standard InChI is InChI=1S/C19H28N4O7S/c24-17(8-11-21-18(25)13-30-14-6-9-20-10-7-14)22-12-16(19(26)27)23-31(28,29)15-4-2-1-3-5-15/h1-5,14,16,20,23H,6-13H2,(H,21,25)(H,22,24)(H,26,27). The summed E-state index contributed by atoms with van der Waals surface area (Å²) in [5.74, 6) is -2.29. The molecule has 1 fully saturated rings. The van der Waals surface area contributed by atoms with Crippen LogP contribution in [0.5, 0.6) is 0 Å². The Morgan fingerprint density at radius 2 is 1.77 bits per heavy atom. The van der Waals surface area contributed by atoms with Crippen LogP contribution in [0.4, 0.5) is 0 Å². The summed E-state index contributed by atoms with van der Waals surface area (Å²) in [4.78, 5) is 35.0. The van der Waals surface area contributed by atoms with Crippen LogP contribution in [-0.4, -0.2) is 76.2 Å². The molecule has 1 aliphatic heterocycles. The number of benzene rings is 1. The normalized spacial score (nSPS) is 15.7. The molecule has 11 nitrogen and oxygen atoms in total. The number of amides is 2. The molecule has 1 heterocycles. The number of aliphatic carboxylic acids is 1. The molecule has 172 valence electrons. The van der Waals surface area contributed by atoms with Crippen molar-refractivity contribution in [2.24, 2.45) is 0 Å². The van der Waals surface area contributed by atoms with E-state index in [1.807, 2.05) is 0 Å². The van der Waals surface area contributed by atoms with E-state index in [1.54, 1.807) is 6.07 Å². The van der Waals surface area contributed by atoms with Crippen molar-refractivity contribution >= 4 is 27.8 Å². The average molecular weight is 457 g/mol. The summed E-state index contributed by atoms with van der Waals surface area (Å²) in [6.45, 7) is 1.23. The zero-order valence-corrected chi connectivity index (χ0v) is 17.8. The molecule has 0 saturated carbocycles. The van der Waals surface area contributed by atoms with E-state index in [-0.39, 0.29) is 36.5 Å². The van der Waals surface area contributed by atoms with Crippen molar-refractivity contribution in [3.05, 3.63) is 30.3 Å². The van der Waals surface area contributed by atoms with Crippen molar-refractivity contribution in [2.45, 2.75) is 36.3 Å². The highest BCUT2D eigenvalue weighted by Crippen LogP contribution is 2.08. The zero-order valence-electron chi connectivity index (χ0n) is 17.0. The summed E-state index contributed by atoms with van der Waals surface area (Å²) < 4.78 is 32.1. The van der Waals surface area contributed by atoms with Crippen molar-refractivity contribution in [1.29, 1.82) is 0 Å². The number of piperidine rings is 1. The van der Waals surface area contributed by atoms with Crippen LogP contribution >= 0.6 is 0 Å². The van der Waals surface area contributed by atoms with Crippen molar-refractivity contribution in [3.8, 4) is 0 Å². The van der Waals surface area contributed by atoms with Gasteiger partial charge in [-0.25, -0.2) is 8.42 Å². The first-order valence-corrected chi connectivity index (χ1v) is 11.4. The van der Waals surface area contributed by atoms with Gasteiger partial charge < -0.3 is 25.8 Å². The highest BCUT2D eigenvalue weighted by atomic mass is 32.2. The molecule has 0 bridgehead atoms. The van der Waals surface area contributed by atoms with E-state index in [0.29, 0.717) is 0 Å². The Bertz CT molecular complexity index is 842. The lowest BCUT2D eigenvalue weighted by molar-refractivity contribution is -0.139. The van der Waals surface area contributed by atoms with Crippen LogP contribution in [0.3, 0.4) is 0 Å². The Balaban J connectivity index is 1.69. The number of carbonyl (C=O) groups is 3. The minimum absolute atomic E-state index is 0.0444. The summed E-state index contributed by atoms with van der Waals surface area (Å²) in [7, 11) is -4.05. The van der Waals surface area contributed by atoms with Crippen molar-refractivity contribution in [3.63, 3.8) is 0 Å². The summed E-state index contributed by atoms with van der Waals surface area (Å²) in [5, 5.41) is 17.4. The average Bonchev–Trinajstić information content (AvgIpc) is 2.76. The molecule has 1 aliphatic rings. The Labute approximate surface area is 181 Å². The number of hydrogen-bond acceptors (Lipinski definition) is 7. The van der Waals surface area contributed by atoms with Crippen molar-refractivity contribution in [1.82, 2.24) is 20.7 Å². The van der Waals surface area contributed by atoms with Crippen molar-refractivity contribution < 1.29 is 32.6 Å². The third-order valence-corrected chi connectivity index (χ3v) is 6.05. The highest BCUT2D eigenvalue weighted by Gasteiger charge is 2.25. The summed E-state index contributed by atoms with van der Waals surface area (Å²) in [5.41, 5.74) is 0. The van der Waals surface area contributed by atoms with Crippen molar-refractivity contribution in [2.75, 3.05) is 32.8 Å². The smallest absolute Gasteiger partial charge is 0.323 e. The van der Waals surface area contributed by atoms with Gasteiger partial charge in [0.1, 0.15) is 12.6 Å². The Kier molecular flexibility index (Phi) is 9.85. The van der Waals surface area contributed by atoms with Crippen LogP contribution in [-0.2, 0) is 29.1 Å². The van der Waals surface area contributed by atoms with Gasteiger partial charge in [-0.05, 0) is 38.1 Å². The number of carboxylic acids is 1. The molecule has 31 heavy (non-hydrogen) atoms. The third kappa shape index (κ3) is 9.00. The van der Waals surface area contributed by atoms with Gasteiger partial charge >= 0.3 is 5.97 Å². The van der Waals surface area contributed by atoms with Crippen LogP contribution in [0.25, 0.3) is 0 Å². The second-order valence-corrected chi connectivity index (χ2v) is 8.70. The molecule has 5 N–H and O–H groups in total. The number of hydrogen-bond donors (Lipinski definition) is 5. The van der Waals surface area contributed by atoms with Gasteiger partial charge in [0.05, 0.1) is 11.0 Å². The topological polar surface area (TPSA) is 163 Å². The second-order valence-electron chi connectivity index (χ2n) is 6.99. The van der Waals surface area contributed by atoms with Crippen LogP contribution in [0.2, 0.25) is 0 Å². The lowest BCUT2D eigenvalue weighted by atomic mass is 10.1. The number of rotatable bonds is 12. The maximum atomic E-state index is 12.3. The fraction of sp³-hybridized carbons (Fsp3) is 0.526. The van der Waals surface area contributed by atoms with E-state index in [1.165, 1.54) is 24.3 Å². The highest BCUT2D eigenvalue weighted by molar-refractivity contribution is 7.89. The van der Waals surface area contributed by atoms with Crippen LogP contribution in [0.1, 0.15) is 19.3 Å². The van der Waals surface area contributed by atoms with Gasteiger partial charge in [-0.15, -0.1) is 0 Å². The third-order valence-electron chi connectivity index (χ3n) is 4.56. The zero-order chi connectivity index (χ0) is 22.7. The number of carbonyl (C=O) groups excluding carboxylic acids is 2. The first-order valence-electron chi connectivity index (χ1n) is 9.94. The monoisotopic (exact) mass is 456 g/mol. The molecule has 1 aromatic carbocycles. The van der Waals surface area contributed by atoms with Gasteiger partial charge in [0.2, 0.25) is 21.8 Å². The Morgan fingerprint density at radius 3 is 2.42 bits per heavy atom. The first-order chi connectivity index (χ1) is 14.8. The summed E-state index contributed by atoms with van der Waals surface area (Å²) in [6, 6.07) is 5.78. The van der Waals surface area contributed by atoms with E-state index in [9.17, 15) is 27.9 Å². The molecule has 1 atom stereocenters. The van der Waals surface area contributed by atoms with Gasteiger partial charge in [0.25, 0.3) is 0 Å². The summed E-state index contributed by atoms with van der Waals surface area (Å²) in [6.07, 6.45) is 1.64. The molecule has 1 aromatic rings. The van der Waals surface area contributed by atoms with Gasteiger partial charge in [-0.1, -0.05) is 18.2 Å². The molecule has 2 rings (SSSR count). The number of nitrogens with one attached hydrogen (secondary N) is 4. The van der Waals surface area contributed by atoms with Crippen LogP contribution < -0.4 is 20.7 Å². The number of ether oxygens (including phenoxy) is 1. The molecule has 12 heteroatoms. The lowest BCUT2D eigenvalue weighted by Crippen LogP contribution is -2.48. The maximum absolute atomic E-state index is 12.3. The lowest BCUT2D eigenvalue weighted by Gasteiger charge is -2.22. The summed E-state index contributed by atoms with van der Waals surface area (Å²) >= 11 is 0. The van der Waals surface area contributed by atoms with Gasteiger partial charge in [-0.2, -0.15) is 4.72 Å². The minimum Gasteiger partial charge on any atom is -0.480 e. The quantitative estimate of drug-likeness (QED) is 0.262. The molecular weight excluding hydrogens is 428 g/mol. The Hall–Kier alpha value is -2.54. The van der Waals surface area contributed by atoms with Crippen LogP contribution in [0, 0.1) is 0 Å². The van der Waals surface area contributed by atoms with E-state index in [2.05, 4.69) is 20.7 Å². The predicted molar refractivity (Wildman–Crippen MR) is 111 cm³/mol. The molecule has 2 amide bonds. The van der Waals surface area contributed by atoms with Gasteiger partial charge in [0, 0.05) is 19.5 Å². The number of carboxylic acid groups (broad SMARTS) is 1. The fourth-order valence-electron chi connectivity index (χ4n) is 2.86. The van der Waals surface area contributed by atoms with Crippen LogP contribution in [0.15, 0.2) is 35.2 Å². The maximum Gasteiger partial charge on any atom is 0.323 e. The SMILES string of the molecule is O=C(CCNC(=O)COC1CCNCC1)NCC(NS(=O)(=O)c1ccccc1)C(=O)O. The molecule has 1 unspecified atom stereocenters. The first kappa shape index (κ1) is 24.7. The molecule has 0 radical (unpaired) electrons. The largest absolute Gasteiger partial charge is 0.480 e. The molecular formula is C19H28N4O7S. The minimum atomic E-state index is -4.05. The molecule has 0 spiro atoms. The van der Waals surface area contributed by atoms with E-state index in [4.69, 9.17) is 4.74 Å². The molecule has 1 saturated heterocycles. The van der Waals surface area contributed by atoms with E-state index in [0.717, 1.165) is 25.9 Å². The van der Waals surface area contributed by atoms with Gasteiger partial charge in [0.15, 0.2) is 0 Å². The van der Waals surface area contributed by atoms with E-state index >= 15 is 0 Å². The van der Waals surface area contributed by atoms with E-state index < -0.39 is 34.5 Å². The predicted octanol–water partition coefficient (Wildman–Crippen LogP) is -1.19. The second kappa shape index (κ2) is 12.3. The van der Waals surface area contributed by atoms with Gasteiger partial charge in [-0.3, -0.25) is 14.4 Å². The molecule has 0 aromatic heterocycles. The fourth-order valence-corrected chi connectivity index (χ4v) is 4.07. The Morgan fingerprint density at radius 1 is 1.10 bits per heavy atom.